The highest BCUT2D eigenvalue weighted by Crippen LogP contribution is 2.33. The molecule has 2 rings (SSSR count). The van der Waals surface area contributed by atoms with Crippen molar-refractivity contribution in [2.24, 2.45) is 0 Å². The van der Waals surface area contributed by atoms with E-state index in [1.165, 1.54) is 18.4 Å². The Balaban J connectivity index is 2.17. The maximum absolute atomic E-state index is 12.0. The maximum Gasteiger partial charge on any atom is 0.242 e. The molecule has 0 atom stereocenters. The molecule has 2 N–H and O–H groups in total. The number of hydrogen-bond donors (Lipinski definition) is 2. The number of hydrogen-bond acceptors (Lipinski definition) is 4. The van der Waals surface area contributed by atoms with Gasteiger partial charge in [0.2, 0.25) is 10.0 Å². The third-order valence-corrected chi connectivity index (χ3v) is 5.74. The van der Waals surface area contributed by atoms with Gasteiger partial charge in [-0.3, -0.25) is 0 Å². The summed E-state index contributed by atoms with van der Waals surface area (Å²) in [6.45, 7) is 0.102. The van der Waals surface area contributed by atoms with Crippen LogP contribution in [-0.2, 0) is 10.0 Å². The van der Waals surface area contributed by atoms with Gasteiger partial charge < -0.3 is 10.4 Å². The van der Waals surface area contributed by atoms with E-state index in [2.05, 4.69) is 5.32 Å². The zero-order chi connectivity index (χ0) is 14.8. The van der Waals surface area contributed by atoms with Gasteiger partial charge in [-0.15, -0.1) is 0 Å². The zero-order valence-corrected chi connectivity index (χ0v) is 12.8. The molecule has 0 bridgehead atoms. The Labute approximate surface area is 120 Å². The molecule has 1 aromatic carbocycles. The predicted octanol–water partition coefficient (Wildman–Crippen LogP) is 1.65. The minimum atomic E-state index is -3.39. The molecular weight excluding hydrogens is 276 g/mol. The highest BCUT2D eigenvalue weighted by atomic mass is 32.2. The van der Waals surface area contributed by atoms with Crippen molar-refractivity contribution in [2.45, 2.75) is 36.1 Å². The topological polar surface area (TPSA) is 69.6 Å². The predicted molar refractivity (Wildman–Crippen MR) is 79.2 cm³/mol. The maximum atomic E-state index is 12.0. The molecule has 112 valence electrons. The van der Waals surface area contributed by atoms with Gasteiger partial charge in [0.25, 0.3) is 0 Å². The fourth-order valence-corrected chi connectivity index (χ4v) is 3.50. The van der Waals surface area contributed by atoms with Gasteiger partial charge in [0.1, 0.15) is 0 Å². The largest absolute Gasteiger partial charge is 0.394 e. The average Bonchev–Trinajstić information content (AvgIpc) is 2.88. The van der Waals surface area contributed by atoms with Crippen molar-refractivity contribution in [1.82, 2.24) is 4.31 Å². The van der Waals surface area contributed by atoms with Crippen LogP contribution >= 0.6 is 0 Å². The van der Waals surface area contributed by atoms with Gasteiger partial charge in [-0.05, 0) is 37.1 Å². The van der Waals surface area contributed by atoms with Crippen LogP contribution in [0.3, 0.4) is 0 Å². The summed E-state index contributed by atoms with van der Waals surface area (Å²) in [6.07, 6.45) is 4.11. The van der Waals surface area contributed by atoms with E-state index in [1.807, 2.05) is 0 Å². The van der Waals surface area contributed by atoms with Crippen LogP contribution in [0.2, 0.25) is 0 Å². The molecule has 0 spiro atoms. The number of rotatable bonds is 5. The average molecular weight is 298 g/mol. The summed E-state index contributed by atoms with van der Waals surface area (Å²) in [5, 5.41) is 12.9. The van der Waals surface area contributed by atoms with Crippen molar-refractivity contribution in [3.05, 3.63) is 24.3 Å². The summed E-state index contributed by atoms with van der Waals surface area (Å²) in [6, 6.07) is 6.70. The first-order valence-electron chi connectivity index (χ1n) is 6.81. The first-order chi connectivity index (χ1) is 9.39. The number of benzene rings is 1. The fraction of sp³-hybridized carbons (Fsp3) is 0.571. The minimum Gasteiger partial charge on any atom is -0.394 e. The monoisotopic (exact) mass is 298 g/mol. The van der Waals surface area contributed by atoms with Crippen molar-refractivity contribution >= 4 is 15.7 Å². The van der Waals surface area contributed by atoms with E-state index in [1.54, 1.807) is 24.3 Å². The van der Waals surface area contributed by atoms with Crippen molar-refractivity contribution in [3.8, 4) is 0 Å². The van der Waals surface area contributed by atoms with Gasteiger partial charge in [-0.1, -0.05) is 12.8 Å². The Hall–Kier alpha value is -1.11. The van der Waals surface area contributed by atoms with Crippen LogP contribution in [0.4, 0.5) is 5.69 Å². The number of aliphatic hydroxyl groups is 1. The molecule has 0 saturated heterocycles. The third kappa shape index (κ3) is 2.97. The summed E-state index contributed by atoms with van der Waals surface area (Å²) >= 11 is 0. The molecule has 0 unspecified atom stereocenters. The number of sulfonamides is 1. The standard InChI is InChI=1S/C14H22N2O3S/c1-16(2)20(18,19)13-7-5-12(6-8-13)15-14(11-17)9-3-4-10-14/h5-8,15,17H,3-4,9-11H2,1-2H3. The lowest BCUT2D eigenvalue weighted by Gasteiger charge is -2.29. The molecule has 0 amide bonds. The van der Waals surface area contributed by atoms with Crippen molar-refractivity contribution in [3.63, 3.8) is 0 Å². The normalized spacial score (nSPS) is 18.4. The van der Waals surface area contributed by atoms with E-state index < -0.39 is 10.0 Å². The molecule has 0 aromatic heterocycles. The molecule has 1 saturated carbocycles. The SMILES string of the molecule is CN(C)S(=O)(=O)c1ccc(NC2(CO)CCCC2)cc1. The van der Waals surface area contributed by atoms with E-state index >= 15 is 0 Å². The number of nitrogens with one attached hydrogen (secondary N) is 1. The first-order valence-corrected chi connectivity index (χ1v) is 8.25. The van der Waals surface area contributed by atoms with Crippen LogP contribution < -0.4 is 5.32 Å². The summed E-state index contributed by atoms with van der Waals surface area (Å²) < 4.78 is 25.1. The lowest BCUT2D eigenvalue weighted by Crippen LogP contribution is -2.38. The lowest BCUT2D eigenvalue weighted by atomic mass is 9.98. The summed E-state index contributed by atoms with van der Waals surface area (Å²) in [5.41, 5.74) is 0.598. The molecule has 20 heavy (non-hydrogen) atoms. The molecular formula is C14H22N2O3S. The summed E-state index contributed by atoms with van der Waals surface area (Å²) in [4.78, 5) is 0.275. The molecule has 5 nitrogen and oxygen atoms in total. The molecule has 1 aromatic rings. The Morgan fingerprint density at radius 2 is 1.75 bits per heavy atom. The van der Waals surface area contributed by atoms with E-state index in [9.17, 15) is 13.5 Å². The molecule has 1 aliphatic rings. The highest BCUT2D eigenvalue weighted by molar-refractivity contribution is 7.89. The van der Waals surface area contributed by atoms with Gasteiger partial charge in [-0.2, -0.15) is 0 Å². The third-order valence-electron chi connectivity index (χ3n) is 3.91. The number of nitrogens with zero attached hydrogens (tertiary/aromatic N) is 1. The van der Waals surface area contributed by atoms with Crippen LogP contribution in [-0.4, -0.2) is 44.1 Å². The minimum absolute atomic E-state index is 0.102. The van der Waals surface area contributed by atoms with Crippen molar-refractivity contribution < 1.29 is 13.5 Å². The van der Waals surface area contributed by atoms with Gasteiger partial charge in [0, 0.05) is 19.8 Å². The molecule has 0 aliphatic heterocycles. The first kappa shape index (κ1) is 15.3. The molecule has 0 radical (unpaired) electrons. The van der Waals surface area contributed by atoms with Gasteiger partial charge >= 0.3 is 0 Å². The highest BCUT2D eigenvalue weighted by Gasteiger charge is 2.32. The van der Waals surface area contributed by atoms with E-state index in [0.29, 0.717) is 0 Å². The summed E-state index contributed by atoms with van der Waals surface area (Å²) in [7, 11) is -0.356. The molecule has 0 heterocycles. The van der Waals surface area contributed by atoms with Crippen LogP contribution in [0.25, 0.3) is 0 Å². The van der Waals surface area contributed by atoms with Crippen molar-refractivity contribution in [1.29, 1.82) is 0 Å². The second-order valence-electron chi connectivity index (χ2n) is 5.58. The van der Waals surface area contributed by atoms with Gasteiger partial charge in [0.15, 0.2) is 0 Å². The Kier molecular flexibility index (Phi) is 4.36. The second kappa shape index (κ2) is 5.71. The number of aliphatic hydroxyl groups excluding tert-OH is 1. The van der Waals surface area contributed by atoms with Crippen LogP contribution in [0.1, 0.15) is 25.7 Å². The Morgan fingerprint density at radius 1 is 1.20 bits per heavy atom. The molecule has 1 fully saturated rings. The number of anilines is 1. The van der Waals surface area contributed by atoms with Crippen LogP contribution in [0, 0.1) is 0 Å². The fourth-order valence-electron chi connectivity index (χ4n) is 2.60. The Bertz CT molecular complexity index is 546. The zero-order valence-electron chi connectivity index (χ0n) is 12.0. The molecule has 6 heteroatoms. The Morgan fingerprint density at radius 3 is 2.20 bits per heavy atom. The van der Waals surface area contributed by atoms with E-state index in [-0.39, 0.29) is 17.0 Å². The smallest absolute Gasteiger partial charge is 0.242 e. The second-order valence-corrected chi connectivity index (χ2v) is 7.73. The van der Waals surface area contributed by atoms with Crippen LogP contribution in [0.5, 0.6) is 0 Å². The van der Waals surface area contributed by atoms with E-state index in [0.717, 1.165) is 31.4 Å². The quantitative estimate of drug-likeness (QED) is 0.867. The van der Waals surface area contributed by atoms with E-state index in [4.69, 9.17) is 0 Å². The van der Waals surface area contributed by atoms with Gasteiger partial charge in [0.05, 0.1) is 17.0 Å². The lowest BCUT2D eigenvalue weighted by molar-refractivity contribution is 0.214. The molecule has 1 aliphatic carbocycles. The van der Waals surface area contributed by atoms with Gasteiger partial charge in [-0.25, -0.2) is 12.7 Å². The van der Waals surface area contributed by atoms with Crippen molar-refractivity contribution in [2.75, 3.05) is 26.0 Å². The summed E-state index contributed by atoms with van der Waals surface area (Å²) in [5.74, 6) is 0. The van der Waals surface area contributed by atoms with Crippen LogP contribution in [0.15, 0.2) is 29.2 Å².